The molecule has 3 rings (SSSR count). The first-order valence-corrected chi connectivity index (χ1v) is 9.47. The number of aromatic nitrogens is 2. The van der Waals surface area contributed by atoms with Crippen LogP contribution in [0.2, 0.25) is 0 Å². The largest absolute Gasteiger partial charge is 0.370 e. The molecule has 7 heteroatoms. The number of sulfone groups is 1. The van der Waals surface area contributed by atoms with Gasteiger partial charge in [0.25, 0.3) is 0 Å². The molecule has 1 aliphatic heterocycles. The van der Waals surface area contributed by atoms with Gasteiger partial charge in [-0.1, -0.05) is 18.2 Å². The lowest BCUT2D eigenvalue weighted by Gasteiger charge is -2.25. The Bertz CT molecular complexity index is 756. The van der Waals surface area contributed by atoms with E-state index < -0.39 is 9.84 Å². The third kappa shape index (κ3) is 3.92. The number of fused-ring (bicyclic) bond motifs is 1. The monoisotopic (exact) mass is 334 g/mol. The van der Waals surface area contributed by atoms with Gasteiger partial charge in [-0.05, 0) is 19.1 Å². The van der Waals surface area contributed by atoms with E-state index in [1.165, 1.54) is 0 Å². The molecule has 0 amide bonds. The maximum atomic E-state index is 12.2. The molecule has 0 radical (unpaired) electrons. The first-order valence-electron chi connectivity index (χ1n) is 7.81. The molecule has 0 bridgehead atoms. The Kier molecular flexibility index (Phi) is 4.68. The molecular weight excluding hydrogens is 312 g/mol. The number of rotatable bonds is 6. The molecule has 124 valence electrons. The van der Waals surface area contributed by atoms with Crippen molar-refractivity contribution in [2.24, 2.45) is 5.92 Å². The Morgan fingerprint density at radius 2 is 2.13 bits per heavy atom. The molecule has 0 saturated carbocycles. The smallest absolute Gasteiger partial charge is 0.179 e. The van der Waals surface area contributed by atoms with Gasteiger partial charge in [-0.3, -0.25) is 0 Å². The zero-order valence-electron chi connectivity index (χ0n) is 13.2. The summed E-state index contributed by atoms with van der Waals surface area (Å²) in [6, 6.07) is 10.6. The van der Waals surface area contributed by atoms with Gasteiger partial charge in [0.15, 0.2) is 9.84 Å². The van der Waals surface area contributed by atoms with Gasteiger partial charge in [-0.2, -0.15) is 5.10 Å². The highest BCUT2D eigenvalue weighted by Crippen LogP contribution is 2.17. The highest BCUT2D eigenvalue weighted by molar-refractivity contribution is 7.91. The van der Waals surface area contributed by atoms with Crippen LogP contribution in [0.15, 0.2) is 41.3 Å². The molecule has 0 unspecified atom stereocenters. The topological polar surface area (TPSA) is 76.0 Å². The van der Waals surface area contributed by atoms with Crippen LogP contribution in [0, 0.1) is 12.8 Å². The summed E-state index contributed by atoms with van der Waals surface area (Å²) in [4.78, 5) is 0.387. The second-order valence-electron chi connectivity index (χ2n) is 5.94. The molecule has 1 aromatic carbocycles. The molecule has 23 heavy (non-hydrogen) atoms. The summed E-state index contributed by atoms with van der Waals surface area (Å²) in [6.07, 6.45) is 0. The van der Waals surface area contributed by atoms with E-state index in [0.717, 1.165) is 31.1 Å². The average Bonchev–Trinajstić information content (AvgIpc) is 2.92. The van der Waals surface area contributed by atoms with Crippen molar-refractivity contribution in [1.82, 2.24) is 15.1 Å². The minimum Gasteiger partial charge on any atom is -0.370 e. The van der Waals surface area contributed by atoms with Crippen molar-refractivity contribution in [3.8, 4) is 0 Å². The van der Waals surface area contributed by atoms with E-state index in [0.29, 0.717) is 17.4 Å². The van der Waals surface area contributed by atoms with E-state index in [9.17, 15) is 8.42 Å². The van der Waals surface area contributed by atoms with Crippen LogP contribution in [0.4, 0.5) is 5.82 Å². The van der Waals surface area contributed by atoms with Gasteiger partial charge in [-0.15, -0.1) is 0 Å². The molecule has 0 saturated heterocycles. The van der Waals surface area contributed by atoms with Gasteiger partial charge in [0, 0.05) is 38.2 Å². The average molecular weight is 334 g/mol. The second-order valence-corrected chi connectivity index (χ2v) is 8.05. The van der Waals surface area contributed by atoms with Crippen LogP contribution >= 0.6 is 0 Å². The lowest BCUT2D eigenvalue weighted by molar-refractivity contribution is 0.394. The number of benzene rings is 1. The first-order chi connectivity index (χ1) is 11.0. The Morgan fingerprint density at radius 3 is 2.91 bits per heavy atom. The number of hydrogen-bond donors (Lipinski definition) is 2. The van der Waals surface area contributed by atoms with Crippen molar-refractivity contribution >= 4 is 15.7 Å². The lowest BCUT2D eigenvalue weighted by Crippen LogP contribution is -2.36. The minimum absolute atomic E-state index is 0.114. The summed E-state index contributed by atoms with van der Waals surface area (Å²) in [5, 5.41) is 11.1. The van der Waals surface area contributed by atoms with Crippen LogP contribution in [-0.2, 0) is 16.4 Å². The molecule has 2 heterocycles. The maximum absolute atomic E-state index is 12.2. The third-order valence-corrected chi connectivity index (χ3v) is 5.72. The molecule has 0 spiro atoms. The highest BCUT2D eigenvalue weighted by atomic mass is 32.2. The van der Waals surface area contributed by atoms with E-state index in [4.69, 9.17) is 0 Å². The van der Waals surface area contributed by atoms with Crippen molar-refractivity contribution in [2.75, 3.05) is 30.7 Å². The predicted octanol–water partition coefficient (Wildman–Crippen LogP) is 1.30. The summed E-state index contributed by atoms with van der Waals surface area (Å²) >= 11 is 0. The number of anilines is 1. The van der Waals surface area contributed by atoms with E-state index in [2.05, 4.69) is 15.7 Å². The van der Waals surface area contributed by atoms with Crippen molar-refractivity contribution in [2.45, 2.75) is 18.4 Å². The number of hydrogen-bond acceptors (Lipinski definition) is 5. The van der Waals surface area contributed by atoms with Gasteiger partial charge in [-0.25, -0.2) is 13.1 Å². The Balaban J connectivity index is 1.46. The third-order valence-electron chi connectivity index (χ3n) is 3.99. The molecule has 1 atom stereocenters. The Labute approximate surface area is 136 Å². The van der Waals surface area contributed by atoms with Crippen molar-refractivity contribution in [1.29, 1.82) is 0 Å². The standard InChI is InChI=1S/C16H22N4O2S/c1-13-9-16-18-11-14(12-20(16)19-13)10-17-7-8-23(21,22)15-5-3-2-4-6-15/h2-6,9,14,17-18H,7-8,10-12H2,1H3/t14-/m0/s1. The van der Waals surface area contributed by atoms with E-state index in [1.54, 1.807) is 24.3 Å². The van der Waals surface area contributed by atoms with Crippen LogP contribution in [-0.4, -0.2) is 43.6 Å². The summed E-state index contributed by atoms with van der Waals surface area (Å²) in [5.41, 5.74) is 1.01. The van der Waals surface area contributed by atoms with E-state index in [-0.39, 0.29) is 5.75 Å². The van der Waals surface area contributed by atoms with Crippen molar-refractivity contribution < 1.29 is 8.42 Å². The second kappa shape index (κ2) is 6.72. The summed E-state index contributed by atoms with van der Waals surface area (Å²) in [7, 11) is -3.20. The highest BCUT2D eigenvalue weighted by Gasteiger charge is 2.19. The zero-order chi connectivity index (χ0) is 16.3. The Hall–Kier alpha value is -1.86. The van der Waals surface area contributed by atoms with E-state index >= 15 is 0 Å². The molecule has 1 aromatic heterocycles. The number of nitrogens with zero attached hydrogens (tertiary/aromatic N) is 2. The first kappa shape index (κ1) is 16.0. The van der Waals surface area contributed by atoms with Crippen LogP contribution in [0.1, 0.15) is 5.69 Å². The van der Waals surface area contributed by atoms with Crippen LogP contribution in [0.25, 0.3) is 0 Å². The van der Waals surface area contributed by atoms with Crippen LogP contribution in [0.5, 0.6) is 0 Å². The summed E-state index contributed by atoms with van der Waals surface area (Å²) < 4.78 is 26.3. The zero-order valence-corrected chi connectivity index (χ0v) is 14.0. The van der Waals surface area contributed by atoms with Gasteiger partial charge >= 0.3 is 0 Å². The fraction of sp³-hybridized carbons (Fsp3) is 0.438. The molecule has 6 nitrogen and oxygen atoms in total. The Morgan fingerprint density at radius 1 is 1.35 bits per heavy atom. The SMILES string of the molecule is Cc1cc2n(n1)C[C@@H](CNCCS(=O)(=O)c1ccccc1)CN2. The maximum Gasteiger partial charge on any atom is 0.179 e. The quantitative estimate of drug-likeness (QED) is 0.779. The van der Waals surface area contributed by atoms with Crippen LogP contribution in [0.3, 0.4) is 0 Å². The lowest BCUT2D eigenvalue weighted by atomic mass is 10.1. The van der Waals surface area contributed by atoms with Gasteiger partial charge in [0.1, 0.15) is 5.82 Å². The minimum atomic E-state index is -3.20. The molecule has 0 fully saturated rings. The van der Waals surface area contributed by atoms with Crippen molar-refractivity contribution in [3.63, 3.8) is 0 Å². The molecule has 1 aliphatic rings. The molecule has 2 aromatic rings. The normalized spacial score (nSPS) is 17.5. The molecular formula is C16H22N4O2S. The summed E-state index contributed by atoms with van der Waals surface area (Å²) in [6.45, 7) is 4.95. The predicted molar refractivity (Wildman–Crippen MR) is 90.3 cm³/mol. The van der Waals surface area contributed by atoms with Gasteiger partial charge in [0.2, 0.25) is 0 Å². The van der Waals surface area contributed by atoms with Gasteiger partial charge < -0.3 is 10.6 Å². The van der Waals surface area contributed by atoms with Crippen molar-refractivity contribution in [3.05, 3.63) is 42.1 Å². The fourth-order valence-corrected chi connectivity index (χ4v) is 4.00. The van der Waals surface area contributed by atoms with Gasteiger partial charge in [0.05, 0.1) is 16.3 Å². The summed E-state index contributed by atoms with van der Waals surface area (Å²) in [5.74, 6) is 1.58. The molecule has 0 aliphatic carbocycles. The molecule has 2 N–H and O–H groups in total. The van der Waals surface area contributed by atoms with Crippen LogP contribution < -0.4 is 10.6 Å². The number of nitrogens with one attached hydrogen (secondary N) is 2. The fourth-order valence-electron chi connectivity index (χ4n) is 2.78. The van der Waals surface area contributed by atoms with E-state index in [1.807, 2.05) is 23.7 Å². The number of aryl methyl sites for hydroxylation is 1.